The van der Waals surface area contributed by atoms with E-state index in [2.05, 4.69) is 5.32 Å². The van der Waals surface area contributed by atoms with Crippen molar-refractivity contribution in [3.8, 4) is 11.5 Å². The number of ether oxygens (including phenoxy) is 2. The number of esters is 1. The van der Waals surface area contributed by atoms with Crippen molar-refractivity contribution >= 4 is 17.3 Å². The molecule has 1 N–H and O–H groups in total. The summed E-state index contributed by atoms with van der Waals surface area (Å²) >= 11 is 0. The molecule has 1 heterocycles. The molecule has 90 valence electrons. The lowest BCUT2D eigenvalue weighted by molar-refractivity contribution is 0.0598. The molecule has 3 rings (SSSR count). The Hall–Kier alpha value is -2.49. The molecule has 0 aliphatic carbocycles. The Labute approximate surface area is 104 Å². The highest BCUT2D eigenvalue weighted by atomic mass is 16.5. The Morgan fingerprint density at radius 2 is 1.89 bits per heavy atom. The monoisotopic (exact) mass is 241 g/mol. The van der Waals surface area contributed by atoms with E-state index in [1.54, 1.807) is 12.1 Å². The van der Waals surface area contributed by atoms with Crippen LogP contribution in [0.25, 0.3) is 0 Å². The van der Waals surface area contributed by atoms with Crippen LogP contribution in [0.5, 0.6) is 11.5 Å². The summed E-state index contributed by atoms with van der Waals surface area (Å²) in [6, 6.07) is 12.9. The van der Waals surface area contributed by atoms with Gasteiger partial charge in [-0.25, -0.2) is 4.79 Å². The van der Waals surface area contributed by atoms with Gasteiger partial charge in [0.1, 0.15) is 5.56 Å². The molecular formula is C14H11NO3. The number of benzene rings is 2. The average Bonchev–Trinajstić information content (AvgIpc) is 2.43. The molecule has 1 aliphatic rings. The quantitative estimate of drug-likeness (QED) is 0.664. The molecule has 0 unspecified atom stereocenters. The van der Waals surface area contributed by atoms with Crippen LogP contribution < -0.4 is 10.1 Å². The van der Waals surface area contributed by atoms with Gasteiger partial charge in [0, 0.05) is 0 Å². The van der Waals surface area contributed by atoms with Gasteiger partial charge in [-0.2, -0.15) is 0 Å². The highest BCUT2D eigenvalue weighted by molar-refractivity contribution is 5.96. The first-order valence-electron chi connectivity index (χ1n) is 5.55. The third-order valence-corrected chi connectivity index (χ3v) is 2.79. The summed E-state index contributed by atoms with van der Waals surface area (Å²) in [5.41, 5.74) is 2.06. The summed E-state index contributed by atoms with van der Waals surface area (Å²) in [5.74, 6) is 0.789. The molecule has 0 aromatic heterocycles. The standard InChI is InChI=1S/C14H11NO3/c1-17-14(16)9-5-4-7-11-13(9)18-12-8-3-2-6-10(12)15-11/h2-8,15H,1H3. The van der Waals surface area contributed by atoms with Crippen molar-refractivity contribution in [1.29, 1.82) is 0 Å². The van der Waals surface area contributed by atoms with Gasteiger partial charge in [0.15, 0.2) is 11.5 Å². The predicted octanol–water partition coefficient (Wildman–Crippen LogP) is 3.32. The lowest BCUT2D eigenvalue weighted by Crippen LogP contribution is -2.09. The lowest BCUT2D eigenvalue weighted by Gasteiger charge is -2.22. The largest absolute Gasteiger partial charge is 0.465 e. The number of nitrogens with one attached hydrogen (secondary N) is 1. The first kappa shape index (κ1) is 10.7. The molecule has 0 bridgehead atoms. The summed E-state index contributed by atoms with van der Waals surface area (Å²) < 4.78 is 10.5. The highest BCUT2D eigenvalue weighted by Crippen LogP contribution is 2.43. The van der Waals surface area contributed by atoms with Gasteiger partial charge in [0.05, 0.1) is 18.5 Å². The van der Waals surface area contributed by atoms with E-state index in [1.807, 2.05) is 30.3 Å². The second kappa shape index (κ2) is 4.07. The molecule has 0 saturated heterocycles. The van der Waals surface area contributed by atoms with E-state index in [0.29, 0.717) is 17.1 Å². The van der Waals surface area contributed by atoms with E-state index in [4.69, 9.17) is 9.47 Å². The van der Waals surface area contributed by atoms with E-state index in [0.717, 1.165) is 11.4 Å². The van der Waals surface area contributed by atoms with Crippen LogP contribution in [-0.4, -0.2) is 13.1 Å². The van der Waals surface area contributed by atoms with Gasteiger partial charge in [-0.15, -0.1) is 0 Å². The Balaban J connectivity index is 2.10. The van der Waals surface area contributed by atoms with Crippen LogP contribution in [0, 0.1) is 0 Å². The van der Waals surface area contributed by atoms with Gasteiger partial charge in [0.25, 0.3) is 0 Å². The Kier molecular flexibility index (Phi) is 2.41. The minimum atomic E-state index is -0.409. The van der Waals surface area contributed by atoms with Gasteiger partial charge in [-0.3, -0.25) is 0 Å². The number of rotatable bonds is 1. The fourth-order valence-electron chi connectivity index (χ4n) is 1.93. The van der Waals surface area contributed by atoms with E-state index >= 15 is 0 Å². The van der Waals surface area contributed by atoms with Gasteiger partial charge >= 0.3 is 5.97 Å². The summed E-state index contributed by atoms with van der Waals surface area (Å²) in [5, 5.41) is 3.23. The number of carbonyl (C=O) groups excluding carboxylic acids is 1. The third kappa shape index (κ3) is 1.59. The van der Waals surface area contributed by atoms with Crippen molar-refractivity contribution in [2.75, 3.05) is 12.4 Å². The third-order valence-electron chi connectivity index (χ3n) is 2.79. The molecule has 1 aliphatic heterocycles. The van der Waals surface area contributed by atoms with Gasteiger partial charge < -0.3 is 14.8 Å². The summed E-state index contributed by atoms with van der Waals surface area (Å²) in [6.07, 6.45) is 0. The van der Waals surface area contributed by atoms with Crippen LogP contribution in [0.1, 0.15) is 10.4 Å². The van der Waals surface area contributed by atoms with Crippen LogP contribution in [0.3, 0.4) is 0 Å². The van der Waals surface area contributed by atoms with Gasteiger partial charge in [-0.1, -0.05) is 18.2 Å². The highest BCUT2D eigenvalue weighted by Gasteiger charge is 2.22. The zero-order valence-corrected chi connectivity index (χ0v) is 9.77. The van der Waals surface area contributed by atoms with E-state index in [1.165, 1.54) is 7.11 Å². The fraction of sp³-hybridized carbons (Fsp3) is 0.0714. The molecule has 0 radical (unpaired) electrons. The minimum absolute atomic E-state index is 0.409. The zero-order valence-electron chi connectivity index (χ0n) is 9.77. The first-order chi connectivity index (χ1) is 8.79. The van der Waals surface area contributed by atoms with E-state index in [-0.39, 0.29) is 0 Å². The first-order valence-corrected chi connectivity index (χ1v) is 5.55. The predicted molar refractivity (Wildman–Crippen MR) is 67.6 cm³/mol. The van der Waals surface area contributed by atoms with Crippen LogP contribution in [0.4, 0.5) is 11.4 Å². The van der Waals surface area contributed by atoms with E-state index in [9.17, 15) is 4.79 Å². The van der Waals surface area contributed by atoms with Crippen LogP contribution >= 0.6 is 0 Å². The molecule has 0 atom stereocenters. The zero-order chi connectivity index (χ0) is 12.5. The number of hydrogen-bond donors (Lipinski definition) is 1. The molecule has 0 spiro atoms. The number of carbonyl (C=O) groups is 1. The number of hydrogen-bond acceptors (Lipinski definition) is 4. The maximum absolute atomic E-state index is 11.7. The average molecular weight is 241 g/mol. The maximum atomic E-state index is 11.7. The number of anilines is 2. The molecule has 2 aromatic rings. The summed E-state index contributed by atoms with van der Waals surface area (Å²) in [4.78, 5) is 11.7. The molecule has 4 nitrogen and oxygen atoms in total. The minimum Gasteiger partial charge on any atom is -0.465 e. The van der Waals surface area contributed by atoms with Crippen LogP contribution in [-0.2, 0) is 4.74 Å². The summed E-state index contributed by atoms with van der Waals surface area (Å²) in [7, 11) is 1.35. The van der Waals surface area contributed by atoms with Crippen molar-refractivity contribution in [1.82, 2.24) is 0 Å². The number of para-hydroxylation sites is 3. The van der Waals surface area contributed by atoms with Crippen LogP contribution in [0.15, 0.2) is 42.5 Å². The fourth-order valence-corrected chi connectivity index (χ4v) is 1.93. The van der Waals surface area contributed by atoms with Crippen molar-refractivity contribution in [3.63, 3.8) is 0 Å². The number of methoxy groups -OCH3 is 1. The van der Waals surface area contributed by atoms with Crippen LogP contribution in [0.2, 0.25) is 0 Å². The smallest absolute Gasteiger partial charge is 0.341 e. The Morgan fingerprint density at radius 3 is 2.72 bits per heavy atom. The Morgan fingerprint density at radius 1 is 1.11 bits per heavy atom. The molecule has 0 saturated carbocycles. The van der Waals surface area contributed by atoms with Gasteiger partial charge in [-0.05, 0) is 24.3 Å². The normalized spacial score (nSPS) is 11.6. The topological polar surface area (TPSA) is 47.6 Å². The molecule has 18 heavy (non-hydrogen) atoms. The second-order valence-electron chi connectivity index (χ2n) is 3.90. The molecule has 0 amide bonds. The molecule has 4 heteroatoms. The summed E-state index contributed by atoms with van der Waals surface area (Å²) in [6.45, 7) is 0. The SMILES string of the molecule is COC(=O)c1cccc2c1Oc1ccccc1N2. The molecule has 0 fully saturated rings. The second-order valence-corrected chi connectivity index (χ2v) is 3.90. The van der Waals surface area contributed by atoms with Crippen molar-refractivity contribution in [2.24, 2.45) is 0 Å². The number of fused-ring (bicyclic) bond motifs is 2. The van der Waals surface area contributed by atoms with Gasteiger partial charge in [0.2, 0.25) is 0 Å². The molecule has 2 aromatic carbocycles. The molecular weight excluding hydrogens is 230 g/mol. The Bertz CT molecular complexity index is 622. The van der Waals surface area contributed by atoms with Crippen molar-refractivity contribution in [3.05, 3.63) is 48.0 Å². The van der Waals surface area contributed by atoms with Crippen molar-refractivity contribution < 1.29 is 14.3 Å². The lowest BCUT2D eigenvalue weighted by atomic mass is 10.1. The van der Waals surface area contributed by atoms with E-state index < -0.39 is 5.97 Å². The van der Waals surface area contributed by atoms with Crippen molar-refractivity contribution in [2.45, 2.75) is 0 Å². The maximum Gasteiger partial charge on any atom is 0.341 e.